The van der Waals surface area contributed by atoms with Gasteiger partial charge in [-0.05, 0) is 51.9 Å². The number of carbonyl (C=O) groups is 1. The molecular formula is C16H24N2O2. The Kier molecular flexibility index (Phi) is 5.01. The summed E-state index contributed by atoms with van der Waals surface area (Å²) in [4.78, 5) is 14.4. The van der Waals surface area contributed by atoms with Crippen molar-refractivity contribution in [2.75, 3.05) is 25.9 Å². The lowest BCUT2D eigenvalue weighted by molar-refractivity contribution is 0.0451. The number of hydrogen-bond donors (Lipinski definition) is 1. The van der Waals surface area contributed by atoms with Crippen LogP contribution in [0.25, 0.3) is 0 Å². The minimum atomic E-state index is -0.315. The fraction of sp³-hybridized carbons (Fsp3) is 0.562. The molecule has 1 aromatic rings. The summed E-state index contributed by atoms with van der Waals surface area (Å²) in [5.74, 6) is -0.315. The molecule has 0 radical (unpaired) electrons. The SMILES string of the molecule is Cc1ccc(N)c(C(=O)OCCC2CCCCN2C)c1. The summed E-state index contributed by atoms with van der Waals surface area (Å²) < 4.78 is 5.37. The second-order valence-corrected chi connectivity index (χ2v) is 5.65. The number of piperidine rings is 1. The van der Waals surface area contributed by atoms with Crippen LogP contribution in [0.15, 0.2) is 18.2 Å². The van der Waals surface area contributed by atoms with Crippen molar-refractivity contribution in [3.63, 3.8) is 0 Å². The summed E-state index contributed by atoms with van der Waals surface area (Å²) >= 11 is 0. The molecule has 2 rings (SSSR count). The number of nitrogens with two attached hydrogens (primary N) is 1. The van der Waals surface area contributed by atoms with Crippen LogP contribution in [0.2, 0.25) is 0 Å². The molecule has 0 spiro atoms. The zero-order valence-corrected chi connectivity index (χ0v) is 12.4. The number of ether oxygens (including phenoxy) is 1. The Balaban J connectivity index is 1.84. The Bertz CT molecular complexity index is 474. The fourth-order valence-corrected chi connectivity index (χ4v) is 2.72. The molecule has 1 atom stereocenters. The van der Waals surface area contributed by atoms with Gasteiger partial charge in [-0.1, -0.05) is 18.1 Å². The Morgan fingerprint density at radius 2 is 2.25 bits per heavy atom. The first-order chi connectivity index (χ1) is 9.58. The third kappa shape index (κ3) is 3.73. The number of hydrogen-bond acceptors (Lipinski definition) is 4. The molecule has 1 saturated heterocycles. The molecule has 1 aliphatic heterocycles. The molecule has 1 unspecified atom stereocenters. The van der Waals surface area contributed by atoms with Gasteiger partial charge in [0.05, 0.1) is 12.2 Å². The van der Waals surface area contributed by atoms with E-state index in [4.69, 9.17) is 10.5 Å². The molecule has 0 saturated carbocycles. The zero-order valence-electron chi connectivity index (χ0n) is 12.4. The molecule has 110 valence electrons. The summed E-state index contributed by atoms with van der Waals surface area (Å²) in [6.45, 7) is 3.54. The van der Waals surface area contributed by atoms with Crippen LogP contribution < -0.4 is 5.73 Å². The van der Waals surface area contributed by atoms with Crippen molar-refractivity contribution in [3.8, 4) is 0 Å². The maximum atomic E-state index is 12.0. The second-order valence-electron chi connectivity index (χ2n) is 5.65. The van der Waals surface area contributed by atoms with Crippen molar-refractivity contribution in [2.45, 2.75) is 38.6 Å². The van der Waals surface area contributed by atoms with E-state index < -0.39 is 0 Å². The average Bonchev–Trinajstić information content (AvgIpc) is 2.43. The van der Waals surface area contributed by atoms with E-state index in [1.807, 2.05) is 13.0 Å². The molecule has 0 bridgehead atoms. The van der Waals surface area contributed by atoms with Crippen molar-refractivity contribution in [2.24, 2.45) is 0 Å². The highest BCUT2D eigenvalue weighted by Gasteiger charge is 2.19. The average molecular weight is 276 g/mol. The van der Waals surface area contributed by atoms with Gasteiger partial charge in [0.2, 0.25) is 0 Å². The Hall–Kier alpha value is -1.55. The van der Waals surface area contributed by atoms with Crippen LogP contribution in [0.3, 0.4) is 0 Å². The predicted molar refractivity (Wildman–Crippen MR) is 80.8 cm³/mol. The highest BCUT2D eigenvalue weighted by atomic mass is 16.5. The first-order valence-corrected chi connectivity index (χ1v) is 7.31. The summed E-state index contributed by atoms with van der Waals surface area (Å²) in [5.41, 5.74) is 7.79. The van der Waals surface area contributed by atoms with Crippen molar-refractivity contribution >= 4 is 11.7 Å². The van der Waals surface area contributed by atoms with Crippen LogP contribution in [0.1, 0.15) is 41.6 Å². The summed E-state index contributed by atoms with van der Waals surface area (Å²) in [5, 5.41) is 0. The standard InChI is InChI=1S/C16H24N2O2/c1-12-6-7-15(17)14(11-12)16(19)20-10-8-13-5-3-4-9-18(13)2/h6-7,11,13H,3-5,8-10,17H2,1-2H3. The lowest BCUT2D eigenvalue weighted by atomic mass is 10.0. The third-order valence-corrected chi connectivity index (χ3v) is 4.03. The first kappa shape index (κ1) is 14.9. The maximum Gasteiger partial charge on any atom is 0.340 e. The third-order valence-electron chi connectivity index (χ3n) is 4.03. The molecule has 2 N–H and O–H groups in total. The lowest BCUT2D eigenvalue weighted by Gasteiger charge is -2.32. The van der Waals surface area contributed by atoms with Crippen LogP contribution in [0, 0.1) is 6.92 Å². The summed E-state index contributed by atoms with van der Waals surface area (Å²) in [6.07, 6.45) is 4.63. The largest absolute Gasteiger partial charge is 0.462 e. The number of nitrogens with zero attached hydrogens (tertiary/aromatic N) is 1. The quantitative estimate of drug-likeness (QED) is 0.678. The lowest BCUT2D eigenvalue weighted by Crippen LogP contribution is -2.37. The van der Waals surface area contributed by atoms with E-state index in [0.29, 0.717) is 23.9 Å². The monoisotopic (exact) mass is 276 g/mol. The molecule has 4 heteroatoms. The molecule has 0 aliphatic carbocycles. The van der Waals surface area contributed by atoms with E-state index in [1.165, 1.54) is 19.3 Å². The van der Waals surface area contributed by atoms with Gasteiger partial charge in [0, 0.05) is 11.7 Å². The number of esters is 1. The molecule has 0 aromatic heterocycles. The first-order valence-electron chi connectivity index (χ1n) is 7.31. The second kappa shape index (κ2) is 6.75. The Labute approximate surface area is 120 Å². The number of carbonyl (C=O) groups excluding carboxylic acids is 1. The van der Waals surface area contributed by atoms with Gasteiger partial charge in [0.25, 0.3) is 0 Å². The van der Waals surface area contributed by atoms with E-state index in [9.17, 15) is 4.79 Å². The number of rotatable bonds is 4. The maximum absolute atomic E-state index is 12.0. The molecule has 1 aliphatic rings. The van der Waals surface area contributed by atoms with Crippen LogP contribution >= 0.6 is 0 Å². The highest BCUT2D eigenvalue weighted by Crippen LogP contribution is 2.19. The van der Waals surface area contributed by atoms with Gasteiger partial charge in [-0.15, -0.1) is 0 Å². The van der Waals surface area contributed by atoms with E-state index in [0.717, 1.165) is 18.5 Å². The van der Waals surface area contributed by atoms with Gasteiger partial charge in [-0.25, -0.2) is 4.79 Å². The number of nitrogen functional groups attached to an aromatic ring is 1. The number of anilines is 1. The molecule has 0 amide bonds. The van der Waals surface area contributed by atoms with Crippen LogP contribution in [-0.2, 0) is 4.74 Å². The smallest absolute Gasteiger partial charge is 0.340 e. The van der Waals surface area contributed by atoms with Gasteiger partial charge in [0.15, 0.2) is 0 Å². The van der Waals surface area contributed by atoms with E-state index in [1.54, 1.807) is 12.1 Å². The zero-order chi connectivity index (χ0) is 14.5. The molecule has 1 heterocycles. The van der Waals surface area contributed by atoms with E-state index in [-0.39, 0.29) is 5.97 Å². The minimum absolute atomic E-state index is 0.315. The van der Waals surface area contributed by atoms with Gasteiger partial charge >= 0.3 is 5.97 Å². The minimum Gasteiger partial charge on any atom is -0.462 e. The van der Waals surface area contributed by atoms with Gasteiger partial charge in [0.1, 0.15) is 0 Å². The van der Waals surface area contributed by atoms with Gasteiger partial charge < -0.3 is 15.4 Å². The predicted octanol–water partition coefficient (Wildman–Crippen LogP) is 2.61. The summed E-state index contributed by atoms with van der Waals surface area (Å²) in [6, 6.07) is 5.96. The number of benzene rings is 1. The molecule has 20 heavy (non-hydrogen) atoms. The van der Waals surface area contributed by atoms with Crippen molar-refractivity contribution in [1.82, 2.24) is 4.90 Å². The van der Waals surface area contributed by atoms with Crippen molar-refractivity contribution in [3.05, 3.63) is 29.3 Å². The van der Waals surface area contributed by atoms with Gasteiger partial charge in [-0.2, -0.15) is 0 Å². The molecule has 1 fully saturated rings. The Morgan fingerprint density at radius 1 is 1.45 bits per heavy atom. The van der Waals surface area contributed by atoms with Crippen LogP contribution in [-0.4, -0.2) is 37.1 Å². The van der Waals surface area contributed by atoms with Crippen molar-refractivity contribution in [1.29, 1.82) is 0 Å². The van der Waals surface area contributed by atoms with E-state index in [2.05, 4.69) is 11.9 Å². The van der Waals surface area contributed by atoms with Crippen LogP contribution in [0.4, 0.5) is 5.69 Å². The topological polar surface area (TPSA) is 55.6 Å². The number of aryl methyl sites for hydroxylation is 1. The highest BCUT2D eigenvalue weighted by molar-refractivity contribution is 5.95. The summed E-state index contributed by atoms with van der Waals surface area (Å²) in [7, 11) is 2.14. The number of likely N-dealkylation sites (tertiary alicyclic amines) is 1. The van der Waals surface area contributed by atoms with E-state index >= 15 is 0 Å². The fourth-order valence-electron chi connectivity index (χ4n) is 2.72. The van der Waals surface area contributed by atoms with Gasteiger partial charge in [-0.3, -0.25) is 0 Å². The molecule has 1 aromatic carbocycles. The molecular weight excluding hydrogens is 252 g/mol. The Morgan fingerprint density at radius 3 is 3.00 bits per heavy atom. The van der Waals surface area contributed by atoms with Crippen molar-refractivity contribution < 1.29 is 9.53 Å². The molecule has 4 nitrogen and oxygen atoms in total. The van der Waals surface area contributed by atoms with Crippen LogP contribution in [0.5, 0.6) is 0 Å². The normalized spacial score (nSPS) is 19.8.